The van der Waals surface area contributed by atoms with Crippen molar-refractivity contribution < 1.29 is 19.7 Å². The predicted octanol–water partition coefficient (Wildman–Crippen LogP) is -0.541. The molecule has 0 aliphatic carbocycles. The molecule has 0 heterocycles. The molecule has 0 rings (SSSR count). The van der Waals surface area contributed by atoms with Gasteiger partial charge in [0.1, 0.15) is 12.7 Å². The summed E-state index contributed by atoms with van der Waals surface area (Å²) < 4.78 is 4.50. The van der Waals surface area contributed by atoms with E-state index in [1.807, 2.05) is 0 Å². The Labute approximate surface area is 65.1 Å². The lowest BCUT2D eigenvalue weighted by atomic mass is 10.4. The number of ether oxygens (including phenoxy) is 1. The van der Waals surface area contributed by atoms with Gasteiger partial charge < -0.3 is 14.9 Å². The lowest BCUT2D eigenvalue weighted by Crippen LogP contribution is -2.21. The quantitative estimate of drug-likeness (QED) is 0.428. The Morgan fingerprint density at radius 1 is 1.73 bits per heavy atom. The van der Waals surface area contributed by atoms with Crippen molar-refractivity contribution in [3.8, 4) is 0 Å². The minimum Gasteiger partial charge on any atom is -0.460 e. The lowest BCUT2D eigenvalue weighted by molar-refractivity contribution is -0.141. The Hall–Kier alpha value is -0.870. The second kappa shape index (κ2) is 5.88. The van der Waals surface area contributed by atoms with Gasteiger partial charge in [0.05, 0.1) is 6.61 Å². The van der Waals surface area contributed by atoms with Crippen LogP contribution in [0.3, 0.4) is 0 Å². The van der Waals surface area contributed by atoms with E-state index in [0.717, 1.165) is 0 Å². The molecule has 11 heavy (non-hydrogen) atoms. The van der Waals surface area contributed by atoms with E-state index in [1.165, 1.54) is 12.2 Å². The van der Waals surface area contributed by atoms with E-state index in [9.17, 15) is 4.79 Å². The van der Waals surface area contributed by atoms with Crippen LogP contribution in [0, 0.1) is 0 Å². The molecular weight excluding hydrogens is 148 g/mol. The van der Waals surface area contributed by atoms with Crippen molar-refractivity contribution in [2.75, 3.05) is 13.2 Å². The average molecular weight is 160 g/mol. The highest BCUT2D eigenvalue weighted by atomic mass is 16.5. The number of hydrogen-bond acceptors (Lipinski definition) is 4. The molecule has 64 valence electrons. The zero-order chi connectivity index (χ0) is 8.69. The van der Waals surface area contributed by atoms with Gasteiger partial charge in [0.15, 0.2) is 0 Å². The van der Waals surface area contributed by atoms with Crippen molar-refractivity contribution in [2.24, 2.45) is 0 Å². The highest BCUT2D eigenvalue weighted by molar-refractivity contribution is 5.81. The van der Waals surface area contributed by atoms with Crippen LogP contribution in [0.25, 0.3) is 0 Å². The van der Waals surface area contributed by atoms with E-state index >= 15 is 0 Å². The molecule has 2 N–H and O–H groups in total. The van der Waals surface area contributed by atoms with Crippen molar-refractivity contribution in [2.45, 2.75) is 13.0 Å². The van der Waals surface area contributed by atoms with Gasteiger partial charge in [-0.25, -0.2) is 4.79 Å². The maximum absolute atomic E-state index is 10.6. The van der Waals surface area contributed by atoms with E-state index in [0.29, 0.717) is 0 Å². The van der Waals surface area contributed by atoms with Crippen LogP contribution in [-0.4, -0.2) is 35.5 Å². The summed E-state index contributed by atoms with van der Waals surface area (Å²) in [6.45, 7) is 1.12. The fourth-order valence-electron chi connectivity index (χ4n) is 0.415. The van der Waals surface area contributed by atoms with E-state index in [2.05, 4.69) is 4.74 Å². The number of allylic oxidation sites excluding steroid dienone is 1. The number of carbonyl (C=O) groups excluding carboxylic acids is 1. The highest BCUT2D eigenvalue weighted by Gasteiger charge is 2.03. The molecule has 0 spiro atoms. The van der Waals surface area contributed by atoms with Crippen molar-refractivity contribution in [1.29, 1.82) is 0 Å². The third-order valence-electron chi connectivity index (χ3n) is 0.931. The van der Waals surface area contributed by atoms with Crippen LogP contribution in [0.2, 0.25) is 0 Å². The fourth-order valence-corrected chi connectivity index (χ4v) is 0.415. The van der Waals surface area contributed by atoms with E-state index in [4.69, 9.17) is 10.2 Å². The number of carbonyl (C=O) groups is 1. The Bertz CT molecular complexity index is 141. The molecule has 0 aliphatic heterocycles. The predicted molar refractivity (Wildman–Crippen MR) is 38.9 cm³/mol. The van der Waals surface area contributed by atoms with Crippen LogP contribution >= 0.6 is 0 Å². The van der Waals surface area contributed by atoms with Crippen molar-refractivity contribution in [3.63, 3.8) is 0 Å². The third kappa shape index (κ3) is 5.57. The summed E-state index contributed by atoms with van der Waals surface area (Å²) in [5.74, 6) is -0.514. The minimum absolute atomic E-state index is 0.167. The fraction of sp³-hybridized carbons (Fsp3) is 0.571. The molecule has 4 heteroatoms. The third-order valence-corrected chi connectivity index (χ3v) is 0.931. The Kier molecular flexibility index (Phi) is 5.42. The molecule has 0 aliphatic rings. The van der Waals surface area contributed by atoms with Crippen LogP contribution in [0.1, 0.15) is 6.92 Å². The molecule has 0 unspecified atom stereocenters. The van der Waals surface area contributed by atoms with Crippen LogP contribution in [0.15, 0.2) is 12.2 Å². The van der Waals surface area contributed by atoms with Crippen molar-refractivity contribution in [1.82, 2.24) is 0 Å². The van der Waals surface area contributed by atoms with E-state index in [-0.39, 0.29) is 6.61 Å². The van der Waals surface area contributed by atoms with Crippen LogP contribution < -0.4 is 0 Å². The maximum Gasteiger partial charge on any atom is 0.330 e. The van der Waals surface area contributed by atoms with Gasteiger partial charge in [0.25, 0.3) is 0 Å². The summed E-state index contributed by atoms with van der Waals surface area (Å²) in [6.07, 6.45) is 1.79. The first-order chi connectivity index (χ1) is 5.20. The van der Waals surface area contributed by atoms with Gasteiger partial charge in [-0.3, -0.25) is 0 Å². The molecule has 0 aromatic rings. The zero-order valence-electron chi connectivity index (χ0n) is 6.36. The number of hydrogen-bond donors (Lipinski definition) is 2. The number of aliphatic hydroxyl groups is 2. The zero-order valence-corrected chi connectivity index (χ0v) is 6.36. The monoisotopic (exact) mass is 160 g/mol. The largest absolute Gasteiger partial charge is 0.460 e. The van der Waals surface area contributed by atoms with Gasteiger partial charge in [0, 0.05) is 6.08 Å². The second-order valence-corrected chi connectivity index (χ2v) is 1.97. The smallest absolute Gasteiger partial charge is 0.330 e. The summed E-state index contributed by atoms with van der Waals surface area (Å²) in [4.78, 5) is 10.6. The Morgan fingerprint density at radius 2 is 2.36 bits per heavy atom. The standard InChI is InChI=1S/C7H12O4/c1-2-3-7(10)11-5-6(9)4-8/h2-3,6,8-9H,4-5H2,1H3/b3-2+/t6-/m1/s1. The molecule has 0 saturated carbocycles. The molecule has 4 nitrogen and oxygen atoms in total. The molecular formula is C7H12O4. The molecule has 0 aromatic heterocycles. The number of rotatable bonds is 4. The Morgan fingerprint density at radius 3 is 2.82 bits per heavy atom. The highest BCUT2D eigenvalue weighted by Crippen LogP contribution is 1.86. The molecule has 0 saturated heterocycles. The molecule has 0 fully saturated rings. The summed E-state index contributed by atoms with van der Waals surface area (Å²) in [5.41, 5.74) is 0. The van der Waals surface area contributed by atoms with Crippen molar-refractivity contribution >= 4 is 5.97 Å². The Balaban J connectivity index is 3.45. The molecule has 0 bridgehead atoms. The van der Waals surface area contributed by atoms with E-state index < -0.39 is 18.7 Å². The molecule has 0 amide bonds. The van der Waals surface area contributed by atoms with Gasteiger partial charge in [-0.15, -0.1) is 0 Å². The molecule has 0 radical (unpaired) electrons. The maximum atomic E-state index is 10.6. The van der Waals surface area contributed by atoms with Crippen LogP contribution in [0.4, 0.5) is 0 Å². The van der Waals surface area contributed by atoms with Gasteiger partial charge in [-0.1, -0.05) is 6.08 Å². The van der Waals surface area contributed by atoms with Crippen molar-refractivity contribution in [3.05, 3.63) is 12.2 Å². The van der Waals surface area contributed by atoms with Crippen LogP contribution in [-0.2, 0) is 9.53 Å². The average Bonchev–Trinajstić information content (AvgIpc) is 2.01. The minimum atomic E-state index is -0.982. The van der Waals surface area contributed by atoms with Gasteiger partial charge in [-0.2, -0.15) is 0 Å². The van der Waals surface area contributed by atoms with Crippen LogP contribution in [0.5, 0.6) is 0 Å². The SMILES string of the molecule is C/C=C/C(=O)OC[C@H](O)CO. The lowest BCUT2D eigenvalue weighted by Gasteiger charge is -2.05. The first-order valence-corrected chi connectivity index (χ1v) is 3.29. The summed E-state index contributed by atoms with van der Waals surface area (Å²) in [7, 11) is 0. The first-order valence-electron chi connectivity index (χ1n) is 3.29. The normalized spacial score (nSPS) is 13.4. The summed E-state index contributed by atoms with van der Waals surface area (Å²) >= 11 is 0. The topological polar surface area (TPSA) is 66.8 Å². The number of aliphatic hydroxyl groups excluding tert-OH is 2. The van der Waals surface area contributed by atoms with Gasteiger partial charge >= 0.3 is 5.97 Å². The first kappa shape index (κ1) is 10.1. The molecule has 1 atom stereocenters. The van der Waals surface area contributed by atoms with Gasteiger partial charge in [0.2, 0.25) is 0 Å². The number of esters is 1. The second-order valence-electron chi connectivity index (χ2n) is 1.97. The summed E-state index contributed by atoms with van der Waals surface area (Å²) in [5, 5.41) is 17.0. The summed E-state index contributed by atoms with van der Waals surface area (Å²) in [6, 6.07) is 0. The van der Waals surface area contributed by atoms with E-state index in [1.54, 1.807) is 6.92 Å². The molecule has 0 aromatic carbocycles. The van der Waals surface area contributed by atoms with Gasteiger partial charge in [-0.05, 0) is 6.92 Å².